The first-order valence-electron chi connectivity index (χ1n) is 15.0. The van der Waals surface area contributed by atoms with Gasteiger partial charge in [-0.3, -0.25) is 10.2 Å². The maximum Gasteiger partial charge on any atom is 0.302 e. The Morgan fingerprint density at radius 3 is 2.60 bits per heavy atom. The lowest BCUT2D eigenvalue weighted by Crippen LogP contribution is -2.52. The quantitative estimate of drug-likeness (QED) is 0.214. The number of pyridine rings is 2. The molecule has 2 aliphatic rings. The molecule has 224 valence electrons. The number of piperidine rings is 2. The van der Waals surface area contributed by atoms with Gasteiger partial charge in [0.1, 0.15) is 22.6 Å². The molecule has 1 aromatic carbocycles. The maximum atomic E-state index is 6.38. The first kappa shape index (κ1) is 27.9. The molecule has 2 N–H and O–H groups in total. The predicted molar refractivity (Wildman–Crippen MR) is 166 cm³/mol. The van der Waals surface area contributed by atoms with Crippen molar-refractivity contribution >= 4 is 51.9 Å². The number of benzene rings is 1. The molecule has 0 radical (unpaired) electrons. The Balaban J connectivity index is 1.08. The predicted octanol–water partition coefficient (Wildman–Crippen LogP) is 5.78. The van der Waals surface area contributed by atoms with E-state index in [1.807, 2.05) is 37.3 Å². The van der Waals surface area contributed by atoms with Crippen LogP contribution in [0.1, 0.15) is 38.2 Å². The van der Waals surface area contributed by atoms with Gasteiger partial charge in [-0.25, -0.2) is 4.98 Å². The summed E-state index contributed by atoms with van der Waals surface area (Å²) in [6, 6.07) is 15.2. The fourth-order valence-corrected chi connectivity index (χ4v) is 6.31. The number of nitrogens with one attached hydrogen (secondary N) is 2. The molecule has 0 saturated carbocycles. The second kappa shape index (κ2) is 12.4. The lowest BCUT2D eigenvalue weighted by atomic mass is 9.97. The van der Waals surface area contributed by atoms with Crippen molar-refractivity contribution in [3.05, 3.63) is 59.2 Å². The average molecular weight is 603 g/mol. The summed E-state index contributed by atoms with van der Waals surface area (Å²) in [6.07, 6.45) is 5.83. The molecule has 43 heavy (non-hydrogen) atoms. The van der Waals surface area contributed by atoms with Crippen molar-refractivity contribution in [1.82, 2.24) is 30.2 Å². The van der Waals surface area contributed by atoms with Crippen molar-refractivity contribution in [3.8, 4) is 5.75 Å². The molecule has 0 bridgehead atoms. The fourth-order valence-electron chi connectivity index (χ4n) is 6.14. The largest absolute Gasteiger partial charge is 0.492 e. The van der Waals surface area contributed by atoms with Gasteiger partial charge in [-0.15, -0.1) is 0 Å². The SMILES string of the molecule is CCOc1cc(CN2CCC(N(c3nc4ccc(Nc5nc6cccnc6o5)nc4o3)C3CCNCC3)CC2)ccc1Cl. The van der Waals surface area contributed by atoms with Gasteiger partial charge in [-0.2, -0.15) is 15.0 Å². The van der Waals surface area contributed by atoms with E-state index in [9.17, 15) is 0 Å². The zero-order chi connectivity index (χ0) is 29.2. The lowest BCUT2D eigenvalue weighted by Gasteiger charge is -2.43. The summed E-state index contributed by atoms with van der Waals surface area (Å²) in [5, 5.41) is 7.28. The van der Waals surface area contributed by atoms with E-state index < -0.39 is 0 Å². The number of halogens is 1. The first-order valence-corrected chi connectivity index (χ1v) is 15.4. The summed E-state index contributed by atoms with van der Waals surface area (Å²) in [5.41, 5.74) is 3.58. The van der Waals surface area contributed by atoms with Crippen LogP contribution in [0, 0.1) is 0 Å². The van der Waals surface area contributed by atoms with Gasteiger partial charge < -0.3 is 23.8 Å². The molecule has 2 aliphatic heterocycles. The zero-order valence-electron chi connectivity index (χ0n) is 24.1. The van der Waals surface area contributed by atoms with Crippen molar-refractivity contribution in [2.45, 2.75) is 51.2 Å². The monoisotopic (exact) mass is 602 g/mol. The number of oxazole rings is 2. The molecule has 0 aliphatic carbocycles. The van der Waals surface area contributed by atoms with Gasteiger partial charge in [0.25, 0.3) is 11.7 Å². The Labute approximate surface area is 254 Å². The fraction of sp³-hybridized carbons (Fsp3) is 0.419. The maximum absolute atomic E-state index is 6.38. The third-order valence-electron chi connectivity index (χ3n) is 8.22. The minimum atomic E-state index is 0.330. The summed E-state index contributed by atoms with van der Waals surface area (Å²) in [4.78, 5) is 23.2. The van der Waals surface area contributed by atoms with E-state index in [-0.39, 0.29) is 0 Å². The van der Waals surface area contributed by atoms with Gasteiger partial charge in [0.2, 0.25) is 5.71 Å². The van der Waals surface area contributed by atoms with Crippen LogP contribution in [0.3, 0.4) is 0 Å². The number of likely N-dealkylation sites (tertiary alicyclic amines) is 1. The molecule has 2 saturated heterocycles. The number of fused-ring (bicyclic) bond motifs is 2. The molecule has 7 rings (SSSR count). The third-order valence-corrected chi connectivity index (χ3v) is 8.53. The molecular formula is C31H35ClN8O3. The summed E-state index contributed by atoms with van der Waals surface area (Å²) in [5.74, 6) is 1.32. The van der Waals surface area contributed by atoms with E-state index in [1.54, 1.807) is 6.20 Å². The van der Waals surface area contributed by atoms with Crippen LogP contribution in [0.25, 0.3) is 22.5 Å². The Morgan fingerprint density at radius 2 is 1.79 bits per heavy atom. The van der Waals surface area contributed by atoms with Gasteiger partial charge in [-0.05, 0) is 87.7 Å². The van der Waals surface area contributed by atoms with Crippen molar-refractivity contribution in [3.63, 3.8) is 0 Å². The van der Waals surface area contributed by atoms with E-state index in [2.05, 4.69) is 42.5 Å². The number of aromatic nitrogens is 4. The van der Waals surface area contributed by atoms with Crippen LogP contribution < -0.4 is 20.3 Å². The Morgan fingerprint density at radius 1 is 0.977 bits per heavy atom. The number of hydrogen-bond acceptors (Lipinski definition) is 11. The Kier molecular flexibility index (Phi) is 8.01. The number of hydrogen-bond donors (Lipinski definition) is 2. The van der Waals surface area contributed by atoms with Gasteiger partial charge >= 0.3 is 6.01 Å². The van der Waals surface area contributed by atoms with Crippen molar-refractivity contribution < 1.29 is 13.6 Å². The Hall–Kier alpha value is -3.93. The summed E-state index contributed by atoms with van der Waals surface area (Å²) in [7, 11) is 0. The number of rotatable bonds is 9. The zero-order valence-corrected chi connectivity index (χ0v) is 24.9. The van der Waals surface area contributed by atoms with E-state index in [1.165, 1.54) is 5.56 Å². The first-order chi connectivity index (χ1) is 21.1. The van der Waals surface area contributed by atoms with Crippen LogP contribution >= 0.6 is 11.6 Å². The highest BCUT2D eigenvalue weighted by atomic mass is 35.5. The topological polar surface area (TPSA) is 118 Å². The van der Waals surface area contributed by atoms with Gasteiger partial charge in [0.05, 0.1) is 11.6 Å². The molecule has 2 fully saturated rings. The standard InChI is InChI=1S/C31H35ClN8O3/c1-2-41-26-18-20(5-6-23(26)32)19-39-16-11-22(12-17-39)40(21-9-14-33-15-10-21)31-36-25-7-8-27(37-29(25)43-31)38-30-35-24-4-3-13-34-28(24)42-30/h3-8,13,18,21-22,33H,2,9-12,14-17,19H2,1H3,(H,35,37,38). The molecule has 5 aromatic rings. The normalized spacial score (nSPS) is 17.1. The average Bonchev–Trinajstić information content (AvgIpc) is 3.64. The van der Waals surface area contributed by atoms with Crippen LogP contribution in [-0.2, 0) is 6.54 Å². The number of anilines is 3. The molecular weight excluding hydrogens is 568 g/mol. The Bertz CT molecular complexity index is 1660. The van der Waals surface area contributed by atoms with Crippen LogP contribution in [0.5, 0.6) is 5.75 Å². The van der Waals surface area contributed by atoms with Gasteiger partial charge in [-0.1, -0.05) is 17.7 Å². The molecule has 0 amide bonds. The van der Waals surface area contributed by atoms with Crippen molar-refractivity contribution in [2.75, 3.05) is 43.0 Å². The van der Waals surface area contributed by atoms with E-state index >= 15 is 0 Å². The van der Waals surface area contributed by atoms with E-state index in [4.69, 9.17) is 35.1 Å². The molecule has 6 heterocycles. The molecule has 0 atom stereocenters. The second-order valence-electron chi connectivity index (χ2n) is 11.1. The van der Waals surface area contributed by atoms with Crippen LogP contribution in [-0.4, -0.2) is 69.7 Å². The summed E-state index contributed by atoms with van der Waals surface area (Å²) in [6.45, 7) is 7.41. The minimum absolute atomic E-state index is 0.330. The van der Waals surface area contributed by atoms with E-state index in [0.29, 0.717) is 58.5 Å². The van der Waals surface area contributed by atoms with Crippen LogP contribution in [0.2, 0.25) is 5.02 Å². The van der Waals surface area contributed by atoms with Gasteiger partial charge in [0, 0.05) is 37.9 Å². The molecule has 4 aromatic heterocycles. The highest BCUT2D eigenvalue weighted by Crippen LogP contribution is 2.33. The van der Waals surface area contributed by atoms with Crippen LogP contribution in [0.4, 0.5) is 17.8 Å². The van der Waals surface area contributed by atoms with E-state index in [0.717, 1.165) is 69.7 Å². The number of nitrogens with zero attached hydrogens (tertiary/aromatic N) is 6. The van der Waals surface area contributed by atoms with Crippen LogP contribution in [0.15, 0.2) is 57.5 Å². The summed E-state index contributed by atoms with van der Waals surface area (Å²) < 4.78 is 17.8. The molecule has 12 heteroatoms. The lowest BCUT2D eigenvalue weighted by molar-refractivity contribution is 0.191. The molecule has 0 unspecified atom stereocenters. The van der Waals surface area contributed by atoms with Crippen molar-refractivity contribution in [1.29, 1.82) is 0 Å². The number of ether oxygens (including phenoxy) is 1. The smallest absolute Gasteiger partial charge is 0.302 e. The van der Waals surface area contributed by atoms with Crippen molar-refractivity contribution in [2.24, 2.45) is 0 Å². The molecule has 11 nitrogen and oxygen atoms in total. The second-order valence-corrected chi connectivity index (χ2v) is 11.5. The summed E-state index contributed by atoms with van der Waals surface area (Å²) >= 11 is 6.31. The van der Waals surface area contributed by atoms with Gasteiger partial charge in [0.15, 0.2) is 0 Å². The highest BCUT2D eigenvalue weighted by Gasteiger charge is 2.34. The third kappa shape index (κ3) is 6.11. The highest BCUT2D eigenvalue weighted by molar-refractivity contribution is 6.32. The minimum Gasteiger partial charge on any atom is -0.492 e. The molecule has 0 spiro atoms.